The normalized spacial score (nSPS) is 9.80. The monoisotopic (exact) mass is 271 g/mol. The largest absolute Gasteiger partial charge is 0.361 e. The summed E-state index contributed by atoms with van der Waals surface area (Å²) in [4.78, 5) is 21.8. The molecule has 0 bridgehead atoms. The third kappa shape index (κ3) is 2.54. The van der Waals surface area contributed by atoms with Gasteiger partial charge in [0.05, 0.1) is 5.69 Å². The molecule has 0 aliphatic carbocycles. The third-order valence-corrected chi connectivity index (χ3v) is 2.34. The Balaban J connectivity index is 3.06. The summed E-state index contributed by atoms with van der Waals surface area (Å²) in [6.07, 6.45) is 0. The Labute approximate surface area is 95.1 Å². The predicted molar refractivity (Wildman–Crippen MR) is 59.7 cm³/mol. The second-order valence-electron chi connectivity index (χ2n) is 2.97. The maximum atomic E-state index is 11.2. The van der Waals surface area contributed by atoms with Crippen LogP contribution in [0, 0.1) is 6.92 Å². The summed E-state index contributed by atoms with van der Waals surface area (Å²) in [7, 11) is 0. The summed E-state index contributed by atoms with van der Waals surface area (Å²) >= 11 is 3.28. The van der Waals surface area contributed by atoms with Gasteiger partial charge in [0.15, 0.2) is 0 Å². The average Bonchev–Trinajstić information content (AvgIpc) is 2.15. The van der Waals surface area contributed by atoms with Gasteiger partial charge in [-0.3, -0.25) is 9.59 Å². The first kappa shape index (κ1) is 11.7. The van der Waals surface area contributed by atoms with Crippen molar-refractivity contribution < 1.29 is 9.59 Å². The SMILES string of the molecule is Cc1cc(Br)ccc1N(N)C(=O)C(N)=O. The van der Waals surface area contributed by atoms with Crippen molar-refractivity contribution >= 4 is 33.4 Å². The van der Waals surface area contributed by atoms with Gasteiger partial charge in [-0.2, -0.15) is 0 Å². The molecule has 0 aliphatic rings. The van der Waals surface area contributed by atoms with E-state index in [4.69, 9.17) is 11.6 Å². The molecule has 0 aromatic heterocycles. The lowest BCUT2D eigenvalue weighted by Gasteiger charge is -2.17. The number of hydrogen-bond donors (Lipinski definition) is 2. The fraction of sp³-hybridized carbons (Fsp3) is 0.111. The van der Waals surface area contributed by atoms with Crippen LogP contribution in [-0.4, -0.2) is 11.8 Å². The highest BCUT2D eigenvalue weighted by Gasteiger charge is 2.18. The first-order valence-electron chi connectivity index (χ1n) is 4.08. The Morgan fingerprint density at radius 1 is 1.40 bits per heavy atom. The number of carbonyl (C=O) groups is 2. The van der Waals surface area contributed by atoms with Crippen molar-refractivity contribution in [3.8, 4) is 0 Å². The van der Waals surface area contributed by atoms with Crippen LogP contribution in [0.15, 0.2) is 22.7 Å². The second kappa shape index (κ2) is 4.41. The highest BCUT2D eigenvalue weighted by Crippen LogP contribution is 2.21. The molecule has 1 aromatic rings. The van der Waals surface area contributed by atoms with Crippen LogP contribution >= 0.6 is 15.9 Å². The molecule has 2 amide bonds. The van der Waals surface area contributed by atoms with Crippen molar-refractivity contribution in [2.75, 3.05) is 5.01 Å². The van der Waals surface area contributed by atoms with Crippen LogP contribution in [-0.2, 0) is 9.59 Å². The number of nitrogens with zero attached hydrogens (tertiary/aromatic N) is 1. The number of nitrogens with two attached hydrogens (primary N) is 2. The number of aryl methyl sites for hydroxylation is 1. The molecule has 0 fully saturated rings. The molecule has 0 unspecified atom stereocenters. The van der Waals surface area contributed by atoms with Gasteiger partial charge in [0.1, 0.15) is 0 Å². The lowest BCUT2D eigenvalue weighted by molar-refractivity contribution is -0.135. The molecule has 0 saturated carbocycles. The second-order valence-corrected chi connectivity index (χ2v) is 3.89. The summed E-state index contributed by atoms with van der Waals surface area (Å²) in [5.74, 6) is 3.43. The van der Waals surface area contributed by atoms with Crippen LogP contribution in [0.2, 0.25) is 0 Å². The number of anilines is 1. The zero-order chi connectivity index (χ0) is 11.6. The molecule has 5 nitrogen and oxygen atoms in total. The third-order valence-electron chi connectivity index (χ3n) is 1.85. The van der Waals surface area contributed by atoms with Crippen LogP contribution in [0.1, 0.15) is 5.56 Å². The van der Waals surface area contributed by atoms with E-state index in [1.807, 2.05) is 0 Å². The van der Waals surface area contributed by atoms with Crippen LogP contribution < -0.4 is 16.6 Å². The molecule has 4 N–H and O–H groups in total. The van der Waals surface area contributed by atoms with E-state index in [9.17, 15) is 9.59 Å². The van der Waals surface area contributed by atoms with Gasteiger partial charge in [0.25, 0.3) is 0 Å². The van der Waals surface area contributed by atoms with Gasteiger partial charge >= 0.3 is 11.8 Å². The van der Waals surface area contributed by atoms with E-state index in [0.717, 1.165) is 15.0 Å². The molecule has 1 aromatic carbocycles. The molecule has 0 heterocycles. The average molecular weight is 272 g/mol. The minimum Gasteiger partial charge on any atom is -0.361 e. The Morgan fingerprint density at radius 3 is 2.47 bits per heavy atom. The molecule has 0 aliphatic heterocycles. The summed E-state index contributed by atoms with van der Waals surface area (Å²) in [6, 6.07) is 5.13. The Bertz CT molecular complexity index is 420. The van der Waals surface area contributed by atoms with Gasteiger partial charge in [-0.25, -0.2) is 10.9 Å². The molecule has 0 saturated heterocycles. The topological polar surface area (TPSA) is 89.4 Å². The standard InChI is InChI=1S/C9H10BrN3O2/c1-5-4-6(10)2-3-7(5)13(12)9(15)8(11)14/h2-4H,12H2,1H3,(H2,11,14). The van der Waals surface area contributed by atoms with Crippen molar-refractivity contribution in [3.05, 3.63) is 28.2 Å². The summed E-state index contributed by atoms with van der Waals surface area (Å²) in [5.41, 5.74) is 6.05. The Hall–Kier alpha value is -1.40. The van der Waals surface area contributed by atoms with Crippen molar-refractivity contribution in [1.29, 1.82) is 0 Å². The molecule has 15 heavy (non-hydrogen) atoms. The van der Waals surface area contributed by atoms with E-state index in [1.165, 1.54) is 0 Å². The van der Waals surface area contributed by atoms with E-state index >= 15 is 0 Å². The number of primary amides is 1. The minimum atomic E-state index is -1.08. The van der Waals surface area contributed by atoms with E-state index in [1.54, 1.807) is 25.1 Å². The summed E-state index contributed by atoms with van der Waals surface area (Å²) < 4.78 is 0.865. The van der Waals surface area contributed by atoms with Crippen LogP contribution in [0.5, 0.6) is 0 Å². The fourth-order valence-electron chi connectivity index (χ4n) is 1.12. The Kier molecular flexibility index (Phi) is 3.43. The molecule has 0 atom stereocenters. The number of amides is 2. The lowest BCUT2D eigenvalue weighted by Crippen LogP contribution is -2.45. The number of rotatable bonds is 1. The molecule has 0 radical (unpaired) electrons. The van der Waals surface area contributed by atoms with Crippen molar-refractivity contribution in [2.45, 2.75) is 6.92 Å². The number of benzene rings is 1. The van der Waals surface area contributed by atoms with Crippen LogP contribution in [0.25, 0.3) is 0 Å². The van der Waals surface area contributed by atoms with Crippen molar-refractivity contribution in [2.24, 2.45) is 11.6 Å². The zero-order valence-electron chi connectivity index (χ0n) is 8.03. The molecular weight excluding hydrogens is 262 g/mol. The number of carbonyl (C=O) groups excluding carboxylic acids is 2. The van der Waals surface area contributed by atoms with Crippen molar-refractivity contribution in [1.82, 2.24) is 0 Å². The first-order valence-corrected chi connectivity index (χ1v) is 4.87. The smallest absolute Gasteiger partial charge is 0.330 e. The van der Waals surface area contributed by atoms with Gasteiger partial charge < -0.3 is 5.73 Å². The quantitative estimate of drug-likeness (QED) is 0.336. The van der Waals surface area contributed by atoms with Crippen LogP contribution in [0.4, 0.5) is 5.69 Å². The maximum Gasteiger partial charge on any atom is 0.330 e. The predicted octanol–water partition coefficient (Wildman–Crippen LogP) is 0.450. The Morgan fingerprint density at radius 2 is 2.00 bits per heavy atom. The van der Waals surface area contributed by atoms with Gasteiger partial charge in [0, 0.05) is 4.47 Å². The molecule has 6 heteroatoms. The number of hydrazine groups is 1. The zero-order valence-corrected chi connectivity index (χ0v) is 9.61. The molecule has 1 rings (SSSR count). The van der Waals surface area contributed by atoms with Crippen molar-refractivity contribution in [3.63, 3.8) is 0 Å². The van der Waals surface area contributed by atoms with Gasteiger partial charge in [-0.15, -0.1) is 0 Å². The minimum absolute atomic E-state index is 0.446. The summed E-state index contributed by atoms with van der Waals surface area (Å²) in [6.45, 7) is 1.77. The number of hydrogen-bond acceptors (Lipinski definition) is 3. The number of halogens is 1. The lowest BCUT2D eigenvalue weighted by atomic mass is 10.2. The van der Waals surface area contributed by atoms with Crippen LogP contribution in [0.3, 0.4) is 0 Å². The highest BCUT2D eigenvalue weighted by molar-refractivity contribution is 9.10. The van der Waals surface area contributed by atoms with E-state index in [-0.39, 0.29) is 0 Å². The highest BCUT2D eigenvalue weighted by atomic mass is 79.9. The maximum absolute atomic E-state index is 11.2. The van der Waals surface area contributed by atoms with Gasteiger partial charge in [-0.1, -0.05) is 15.9 Å². The molecular formula is C9H10BrN3O2. The van der Waals surface area contributed by atoms with E-state index < -0.39 is 11.8 Å². The first-order chi connectivity index (χ1) is 6.93. The van der Waals surface area contributed by atoms with Gasteiger partial charge in [-0.05, 0) is 30.7 Å². The van der Waals surface area contributed by atoms with E-state index in [2.05, 4.69) is 15.9 Å². The fourth-order valence-corrected chi connectivity index (χ4v) is 1.59. The summed E-state index contributed by atoms with van der Waals surface area (Å²) in [5, 5.41) is 0.740. The molecule has 80 valence electrons. The molecule has 0 spiro atoms. The van der Waals surface area contributed by atoms with E-state index in [0.29, 0.717) is 5.69 Å². The van der Waals surface area contributed by atoms with Gasteiger partial charge in [0.2, 0.25) is 0 Å².